The number of hydrogen-bond donors (Lipinski definition) is 0. The van der Waals surface area contributed by atoms with E-state index in [1.54, 1.807) is 0 Å². The summed E-state index contributed by atoms with van der Waals surface area (Å²) in [5, 5.41) is 0. The number of hydrogen-bond acceptors (Lipinski definition) is 3. The van der Waals surface area contributed by atoms with Crippen LogP contribution in [-0.2, 0) is 21.0 Å². The van der Waals surface area contributed by atoms with E-state index in [4.69, 9.17) is 4.74 Å². The van der Waals surface area contributed by atoms with E-state index in [1.165, 1.54) is 18.2 Å². The van der Waals surface area contributed by atoms with E-state index in [2.05, 4.69) is 50.7 Å². The lowest BCUT2D eigenvalue weighted by molar-refractivity contribution is -0.142. The Morgan fingerprint density at radius 3 is 2.40 bits per heavy atom. The van der Waals surface area contributed by atoms with Crippen LogP contribution in [0.1, 0.15) is 31.9 Å². The van der Waals surface area contributed by atoms with Crippen LogP contribution in [0.15, 0.2) is 18.2 Å². The average molecular weight is 293 g/mol. The largest absolute Gasteiger partial charge is 0.482 e. The van der Waals surface area contributed by atoms with Gasteiger partial charge in [0.15, 0.2) is 6.61 Å². The van der Waals surface area contributed by atoms with Crippen molar-refractivity contribution in [3.8, 4) is 5.75 Å². The van der Waals surface area contributed by atoms with E-state index < -0.39 is 8.80 Å². The zero-order chi connectivity index (χ0) is 15.3. The van der Waals surface area contributed by atoms with Crippen LogP contribution in [0, 0.1) is 0 Å². The zero-order valence-corrected chi connectivity index (χ0v) is 14.4. The molecule has 0 fully saturated rings. The summed E-state index contributed by atoms with van der Waals surface area (Å²) in [4.78, 5) is 11.2. The predicted octanol–water partition coefficient (Wildman–Crippen LogP) is 3.37. The molecule has 4 heteroatoms. The Balaban J connectivity index is 3.00. The first-order chi connectivity index (χ1) is 9.24. The lowest BCUT2D eigenvalue weighted by Crippen LogP contribution is -2.16. The van der Waals surface area contributed by atoms with Crippen LogP contribution in [0.5, 0.6) is 5.75 Å². The number of rotatable bonds is 5. The van der Waals surface area contributed by atoms with E-state index in [0.29, 0.717) is 0 Å². The first kappa shape index (κ1) is 16.8. The van der Waals surface area contributed by atoms with Gasteiger partial charge in [-0.3, -0.25) is 0 Å². The SMILES string of the molecule is COC(=O)COc1ccc(C(C)(C)C)cc1C[Si](C)C. The summed E-state index contributed by atoms with van der Waals surface area (Å²) in [5.74, 6) is 0.448. The predicted molar refractivity (Wildman–Crippen MR) is 83.8 cm³/mol. The van der Waals surface area contributed by atoms with Gasteiger partial charge in [-0.1, -0.05) is 46.0 Å². The van der Waals surface area contributed by atoms with Crippen molar-refractivity contribution < 1.29 is 14.3 Å². The molecule has 1 radical (unpaired) electrons. The topological polar surface area (TPSA) is 35.5 Å². The third-order valence-corrected chi connectivity index (χ3v) is 4.13. The molecule has 1 aromatic carbocycles. The molecule has 0 bridgehead atoms. The zero-order valence-electron chi connectivity index (χ0n) is 13.4. The van der Waals surface area contributed by atoms with Crippen LogP contribution in [0.4, 0.5) is 0 Å². The normalized spacial score (nSPS) is 11.6. The summed E-state index contributed by atoms with van der Waals surface area (Å²) in [7, 11) is 0.960. The van der Waals surface area contributed by atoms with Gasteiger partial charge in [-0.05, 0) is 28.7 Å². The van der Waals surface area contributed by atoms with Crippen molar-refractivity contribution in [2.75, 3.05) is 13.7 Å². The quantitative estimate of drug-likeness (QED) is 0.617. The van der Waals surface area contributed by atoms with Gasteiger partial charge < -0.3 is 9.47 Å². The highest BCUT2D eigenvalue weighted by Crippen LogP contribution is 2.28. The molecule has 0 atom stereocenters. The molecule has 0 unspecified atom stereocenters. The van der Waals surface area contributed by atoms with Crippen LogP contribution < -0.4 is 4.74 Å². The number of methoxy groups -OCH3 is 1. The third kappa shape index (κ3) is 5.00. The summed E-state index contributed by atoms with van der Waals surface area (Å²) in [6.45, 7) is 11.1. The Bertz CT molecular complexity index is 461. The minimum atomic E-state index is -0.410. The number of benzene rings is 1. The number of ether oxygens (including phenoxy) is 2. The fourth-order valence-corrected chi connectivity index (χ4v) is 2.94. The second-order valence-electron chi connectivity index (χ2n) is 6.32. The second kappa shape index (κ2) is 6.93. The van der Waals surface area contributed by atoms with E-state index in [0.717, 1.165) is 11.8 Å². The summed E-state index contributed by atoms with van der Waals surface area (Å²) >= 11 is 0. The van der Waals surface area contributed by atoms with E-state index in [-0.39, 0.29) is 18.0 Å². The Kier molecular flexibility index (Phi) is 5.81. The number of carbonyl (C=O) groups excluding carboxylic acids is 1. The van der Waals surface area contributed by atoms with Crippen molar-refractivity contribution in [1.82, 2.24) is 0 Å². The smallest absolute Gasteiger partial charge is 0.343 e. The fourth-order valence-electron chi connectivity index (χ4n) is 1.90. The van der Waals surface area contributed by atoms with Gasteiger partial charge in [0.05, 0.1) is 7.11 Å². The van der Waals surface area contributed by atoms with E-state index >= 15 is 0 Å². The summed E-state index contributed by atoms with van der Waals surface area (Å²) in [5.41, 5.74) is 2.60. The lowest BCUT2D eigenvalue weighted by Gasteiger charge is -2.22. The third-order valence-electron chi connectivity index (χ3n) is 3.04. The second-order valence-corrected chi connectivity index (χ2v) is 9.09. The molecule has 0 aromatic heterocycles. The van der Waals surface area contributed by atoms with Crippen LogP contribution in [0.3, 0.4) is 0 Å². The molecule has 1 aromatic rings. The maximum atomic E-state index is 11.2. The Hall–Kier alpha value is -1.29. The molecule has 0 aliphatic heterocycles. The molecule has 1 rings (SSSR count). The van der Waals surface area contributed by atoms with Crippen molar-refractivity contribution >= 4 is 14.8 Å². The minimum Gasteiger partial charge on any atom is -0.482 e. The molecular formula is C16H25O3Si. The van der Waals surface area contributed by atoms with Gasteiger partial charge in [-0.25, -0.2) is 4.79 Å². The molecule has 0 N–H and O–H groups in total. The average Bonchev–Trinajstić information content (AvgIpc) is 2.34. The van der Waals surface area contributed by atoms with Crippen LogP contribution in [-0.4, -0.2) is 28.5 Å². The van der Waals surface area contributed by atoms with Gasteiger partial charge in [0.2, 0.25) is 0 Å². The van der Waals surface area contributed by atoms with Crippen LogP contribution >= 0.6 is 0 Å². The van der Waals surface area contributed by atoms with Gasteiger partial charge in [-0.15, -0.1) is 0 Å². The molecular weight excluding hydrogens is 268 g/mol. The van der Waals surface area contributed by atoms with Gasteiger partial charge in [0.1, 0.15) is 5.75 Å². The number of esters is 1. The monoisotopic (exact) mass is 293 g/mol. The van der Waals surface area contributed by atoms with E-state index in [9.17, 15) is 4.79 Å². The van der Waals surface area contributed by atoms with Crippen molar-refractivity contribution in [2.24, 2.45) is 0 Å². The Labute approximate surface area is 123 Å². The van der Waals surface area contributed by atoms with Crippen molar-refractivity contribution in [2.45, 2.75) is 45.3 Å². The molecule has 0 saturated heterocycles. The van der Waals surface area contributed by atoms with E-state index in [1.807, 2.05) is 6.07 Å². The highest BCUT2D eigenvalue weighted by atomic mass is 28.3. The first-order valence-electron chi connectivity index (χ1n) is 6.86. The van der Waals surface area contributed by atoms with Gasteiger partial charge in [0, 0.05) is 8.80 Å². The van der Waals surface area contributed by atoms with Crippen molar-refractivity contribution in [1.29, 1.82) is 0 Å². The Morgan fingerprint density at radius 1 is 1.25 bits per heavy atom. The summed E-state index contributed by atoms with van der Waals surface area (Å²) < 4.78 is 10.2. The van der Waals surface area contributed by atoms with Gasteiger partial charge in [-0.2, -0.15) is 0 Å². The first-order valence-corrected chi connectivity index (χ1v) is 9.57. The highest BCUT2D eigenvalue weighted by Gasteiger charge is 2.17. The molecule has 3 nitrogen and oxygen atoms in total. The molecule has 0 amide bonds. The molecule has 0 aliphatic rings. The van der Waals surface area contributed by atoms with Crippen molar-refractivity contribution in [3.63, 3.8) is 0 Å². The van der Waals surface area contributed by atoms with Crippen molar-refractivity contribution in [3.05, 3.63) is 29.3 Å². The summed E-state index contributed by atoms with van der Waals surface area (Å²) in [6, 6.07) is 7.30. The molecule has 0 aliphatic carbocycles. The number of carbonyl (C=O) groups is 1. The molecule has 0 spiro atoms. The molecule has 0 heterocycles. The summed E-state index contributed by atoms with van der Waals surface area (Å²) in [6.07, 6.45) is 0. The molecule has 111 valence electrons. The molecule has 20 heavy (non-hydrogen) atoms. The van der Waals surface area contributed by atoms with Gasteiger partial charge in [0.25, 0.3) is 0 Å². The Morgan fingerprint density at radius 2 is 1.90 bits per heavy atom. The molecule has 0 saturated carbocycles. The fraction of sp³-hybridized carbons (Fsp3) is 0.562. The van der Waals surface area contributed by atoms with Crippen LogP contribution in [0.25, 0.3) is 0 Å². The van der Waals surface area contributed by atoms with Gasteiger partial charge >= 0.3 is 5.97 Å². The maximum absolute atomic E-state index is 11.2. The minimum absolute atomic E-state index is 0.0339. The highest BCUT2D eigenvalue weighted by molar-refractivity contribution is 6.55. The maximum Gasteiger partial charge on any atom is 0.343 e. The lowest BCUT2D eigenvalue weighted by atomic mass is 9.86. The van der Waals surface area contributed by atoms with Crippen LogP contribution in [0.2, 0.25) is 13.1 Å². The standard InChI is InChI=1S/C16H25O3Si/c1-16(2,3)13-7-8-14(19-10-15(17)18-4)12(9-13)11-20(5)6/h7-9H,10-11H2,1-6H3.